The topological polar surface area (TPSA) is 26.3 Å². The molecule has 1 aromatic rings. The summed E-state index contributed by atoms with van der Waals surface area (Å²) in [5.41, 5.74) is 2.99. The molecule has 1 fully saturated rings. The molecule has 2 nitrogen and oxygen atoms in total. The van der Waals surface area contributed by atoms with E-state index in [-0.39, 0.29) is 17.1 Å². The summed E-state index contributed by atoms with van der Waals surface area (Å²) >= 11 is 0. The summed E-state index contributed by atoms with van der Waals surface area (Å²) in [4.78, 5) is 12.7. The van der Waals surface area contributed by atoms with E-state index in [2.05, 4.69) is 45.9 Å². The highest BCUT2D eigenvalue weighted by Gasteiger charge is 2.48. The lowest BCUT2D eigenvalue weighted by atomic mass is 9.81. The van der Waals surface area contributed by atoms with Crippen LogP contribution in [0.2, 0.25) is 0 Å². The van der Waals surface area contributed by atoms with Crippen molar-refractivity contribution in [2.75, 3.05) is 0 Å². The van der Waals surface area contributed by atoms with Crippen LogP contribution in [0, 0.1) is 19.8 Å². The first-order valence-corrected chi connectivity index (χ1v) is 7.40. The third-order valence-electron chi connectivity index (χ3n) is 4.33. The van der Waals surface area contributed by atoms with Crippen molar-refractivity contribution in [2.45, 2.75) is 65.6 Å². The minimum atomic E-state index is -0.363. The monoisotopic (exact) mass is 274 g/mol. The van der Waals surface area contributed by atoms with Crippen molar-refractivity contribution in [1.29, 1.82) is 0 Å². The van der Waals surface area contributed by atoms with Crippen LogP contribution in [-0.4, -0.2) is 17.0 Å². The minimum absolute atomic E-state index is 0.0163. The second-order valence-corrected chi connectivity index (χ2v) is 7.29. The van der Waals surface area contributed by atoms with Gasteiger partial charge in [0.2, 0.25) is 0 Å². The zero-order valence-corrected chi connectivity index (χ0v) is 13.5. The SMILES string of the molecule is Cc1ccc(C)c(CC(=O)C2CC(C)(C)OC2(C)C)c1. The number of ether oxygens (including phenoxy) is 1. The van der Waals surface area contributed by atoms with Crippen molar-refractivity contribution in [2.24, 2.45) is 5.92 Å². The average molecular weight is 274 g/mol. The molecule has 0 saturated carbocycles. The Morgan fingerprint density at radius 1 is 1.25 bits per heavy atom. The van der Waals surface area contributed by atoms with Gasteiger partial charge in [0.1, 0.15) is 5.78 Å². The van der Waals surface area contributed by atoms with E-state index in [1.807, 2.05) is 13.8 Å². The van der Waals surface area contributed by atoms with Crippen LogP contribution in [0.25, 0.3) is 0 Å². The number of carbonyl (C=O) groups is 1. The van der Waals surface area contributed by atoms with E-state index in [1.165, 1.54) is 11.1 Å². The number of hydrogen-bond donors (Lipinski definition) is 0. The molecule has 0 spiro atoms. The Morgan fingerprint density at radius 3 is 2.45 bits per heavy atom. The molecule has 1 unspecified atom stereocenters. The van der Waals surface area contributed by atoms with Crippen molar-refractivity contribution in [1.82, 2.24) is 0 Å². The van der Waals surface area contributed by atoms with Gasteiger partial charge in [0.15, 0.2) is 0 Å². The fourth-order valence-electron chi connectivity index (χ4n) is 3.37. The molecule has 0 aliphatic carbocycles. The van der Waals surface area contributed by atoms with Crippen LogP contribution in [0.5, 0.6) is 0 Å². The lowest BCUT2D eigenvalue weighted by Crippen LogP contribution is -2.34. The van der Waals surface area contributed by atoms with Crippen LogP contribution in [0.1, 0.15) is 50.8 Å². The molecule has 0 N–H and O–H groups in total. The summed E-state index contributed by atoms with van der Waals surface area (Å²) in [6.45, 7) is 12.3. The number of benzene rings is 1. The first-order chi connectivity index (χ1) is 9.11. The van der Waals surface area contributed by atoms with E-state index in [0.717, 1.165) is 12.0 Å². The highest BCUT2D eigenvalue weighted by atomic mass is 16.5. The van der Waals surface area contributed by atoms with Gasteiger partial charge < -0.3 is 4.74 Å². The van der Waals surface area contributed by atoms with E-state index < -0.39 is 0 Å². The van der Waals surface area contributed by atoms with E-state index in [9.17, 15) is 4.79 Å². The van der Waals surface area contributed by atoms with Gasteiger partial charge >= 0.3 is 0 Å². The molecule has 20 heavy (non-hydrogen) atoms. The molecule has 0 bridgehead atoms. The molecule has 1 aliphatic rings. The Labute approximate surface area is 122 Å². The highest BCUT2D eigenvalue weighted by molar-refractivity contribution is 5.85. The Morgan fingerprint density at radius 2 is 1.90 bits per heavy atom. The minimum Gasteiger partial charge on any atom is -0.369 e. The summed E-state index contributed by atoms with van der Waals surface area (Å²) in [5.74, 6) is 0.284. The first kappa shape index (κ1) is 15.2. The molecule has 2 rings (SSSR count). The predicted molar refractivity (Wildman–Crippen MR) is 82.0 cm³/mol. The second kappa shape index (κ2) is 5.00. The molecule has 1 saturated heterocycles. The van der Waals surface area contributed by atoms with Crippen LogP contribution in [0.15, 0.2) is 18.2 Å². The summed E-state index contributed by atoms with van der Waals surface area (Å²) in [7, 11) is 0. The van der Waals surface area contributed by atoms with E-state index >= 15 is 0 Å². The maximum absolute atomic E-state index is 12.7. The zero-order valence-electron chi connectivity index (χ0n) is 13.5. The maximum atomic E-state index is 12.7. The lowest BCUT2D eigenvalue weighted by Gasteiger charge is -2.26. The van der Waals surface area contributed by atoms with Gasteiger partial charge in [-0.05, 0) is 59.1 Å². The molecule has 0 aromatic heterocycles. The number of rotatable bonds is 3. The van der Waals surface area contributed by atoms with Gasteiger partial charge in [-0.15, -0.1) is 0 Å². The fraction of sp³-hybridized carbons (Fsp3) is 0.611. The van der Waals surface area contributed by atoms with Crippen molar-refractivity contribution in [3.8, 4) is 0 Å². The summed E-state index contributed by atoms with van der Waals surface area (Å²) < 4.78 is 6.04. The quantitative estimate of drug-likeness (QED) is 0.832. The molecular formula is C18H26O2. The summed E-state index contributed by atoms with van der Waals surface area (Å²) in [6.07, 6.45) is 1.32. The largest absolute Gasteiger partial charge is 0.369 e. The van der Waals surface area contributed by atoms with Gasteiger partial charge in [0.25, 0.3) is 0 Å². The van der Waals surface area contributed by atoms with Crippen molar-refractivity contribution in [3.63, 3.8) is 0 Å². The molecule has 0 amide bonds. The first-order valence-electron chi connectivity index (χ1n) is 7.40. The van der Waals surface area contributed by atoms with Crippen molar-refractivity contribution >= 4 is 5.78 Å². The Hall–Kier alpha value is -1.15. The average Bonchev–Trinajstić information content (AvgIpc) is 2.52. The van der Waals surface area contributed by atoms with E-state index in [0.29, 0.717) is 12.2 Å². The Bertz CT molecular complexity index is 526. The van der Waals surface area contributed by atoms with Gasteiger partial charge in [-0.1, -0.05) is 23.8 Å². The molecule has 1 aromatic carbocycles. The molecule has 0 radical (unpaired) electrons. The van der Waals surface area contributed by atoms with Crippen LogP contribution in [0.4, 0.5) is 0 Å². The van der Waals surface area contributed by atoms with E-state index in [1.54, 1.807) is 0 Å². The fourth-order valence-corrected chi connectivity index (χ4v) is 3.37. The Balaban J connectivity index is 2.18. The van der Waals surface area contributed by atoms with E-state index in [4.69, 9.17) is 4.74 Å². The molecular weight excluding hydrogens is 248 g/mol. The molecule has 110 valence electrons. The number of carbonyl (C=O) groups excluding carboxylic acids is 1. The zero-order chi connectivity index (χ0) is 15.1. The van der Waals surface area contributed by atoms with Crippen LogP contribution in [-0.2, 0) is 16.0 Å². The van der Waals surface area contributed by atoms with Gasteiger partial charge in [0, 0.05) is 12.3 Å². The molecule has 1 atom stereocenters. The molecule has 1 aliphatic heterocycles. The molecule has 1 heterocycles. The number of hydrogen-bond acceptors (Lipinski definition) is 2. The maximum Gasteiger partial charge on any atom is 0.143 e. The number of ketones is 1. The standard InChI is InChI=1S/C18H26O2/c1-12-7-8-13(2)14(9-12)10-16(19)15-11-17(3,4)20-18(15,5)6/h7-9,15H,10-11H2,1-6H3. The summed E-state index contributed by atoms with van der Waals surface area (Å²) in [5, 5.41) is 0. The van der Waals surface area contributed by atoms with Crippen molar-refractivity contribution in [3.05, 3.63) is 34.9 Å². The number of Topliss-reactive ketones (excluding diaryl/α,β-unsaturated/α-hetero) is 1. The van der Waals surface area contributed by atoms with Gasteiger partial charge in [-0.2, -0.15) is 0 Å². The smallest absolute Gasteiger partial charge is 0.143 e. The highest BCUT2D eigenvalue weighted by Crippen LogP contribution is 2.42. The third kappa shape index (κ3) is 3.12. The van der Waals surface area contributed by atoms with Gasteiger partial charge in [-0.3, -0.25) is 4.79 Å². The normalized spacial score (nSPS) is 23.8. The van der Waals surface area contributed by atoms with Gasteiger partial charge in [0.05, 0.1) is 11.2 Å². The summed E-state index contributed by atoms with van der Waals surface area (Å²) in [6, 6.07) is 6.31. The third-order valence-corrected chi connectivity index (χ3v) is 4.33. The predicted octanol–water partition coefficient (Wildman–Crippen LogP) is 4.01. The van der Waals surface area contributed by atoms with Gasteiger partial charge in [-0.25, -0.2) is 0 Å². The number of aryl methyl sites for hydroxylation is 2. The lowest BCUT2D eigenvalue weighted by molar-refractivity contribution is -0.128. The second-order valence-electron chi connectivity index (χ2n) is 7.29. The Kier molecular flexibility index (Phi) is 3.81. The van der Waals surface area contributed by atoms with Crippen LogP contribution in [0.3, 0.4) is 0 Å². The van der Waals surface area contributed by atoms with Crippen molar-refractivity contribution < 1.29 is 9.53 Å². The molecule has 2 heteroatoms. The van der Waals surface area contributed by atoms with Crippen LogP contribution >= 0.6 is 0 Å². The van der Waals surface area contributed by atoms with Crippen LogP contribution < -0.4 is 0 Å².